The van der Waals surface area contributed by atoms with Crippen LogP contribution in [0.5, 0.6) is 0 Å². The van der Waals surface area contributed by atoms with Crippen LogP contribution in [0, 0.1) is 15.9 Å². The van der Waals surface area contributed by atoms with Crippen LogP contribution in [0.2, 0.25) is 0 Å². The number of benzene rings is 1. The fourth-order valence-electron chi connectivity index (χ4n) is 1.42. The molecule has 0 bridgehead atoms. The van der Waals surface area contributed by atoms with Gasteiger partial charge in [0, 0.05) is 25.2 Å². The molecule has 100 valence electrons. The maximum Gasteiger partial charge on any atom is 0.293 e. The molecule has 0 heterocycles. The van der Waals surface area contributed by atoms with Gasteiger partial charge in [0.15, 0.2) is 0 Å². The molecule has 7 heteroatoms. The Labute approximate surface area is 113 Å². The second-order valence-corrected chi connectivity index (χ2v) is 4.57. The Morgan fingerprint density at radius 2 is 2.11 bits per heavy atom. The molecule has 0 saturated heterocycles. The van der Waals surface area contributed by atoms with Crippen molar-refractivity contribution in [2.24, 2.45) is 0 Å². The van der Waals surface area contributed by atoms with Gasteiger partial charge in [-0.1, -0.05) is 6.92 Å². The van der Waals surface area contributed by atoms with Gasteiger partial charge in [-0.2, -0.15) is 0 Å². The summed E-state index contributed by atoms with van der Waals surface area (Å²) in [6, 6.07) is 2.29. The van der Waals surface area contributed by atoms with E-state index in [4.69, 9.17) is 0 Å². The fraction of sp³-hybridized carbons (Fsp3) is 0.455. The van der Waals surface area contributed by atoms with Crippen molar-refractivity contribution in [3.8, 4) is 0 Å². The van der Waals surface area contributed by atoms with Gasteiger partial charge in [0.05, 0.1) is 9.40 Å². The number of hydrogen-bond acceptors (Lipinski definition) is 4. The molecule has 1 aromatic carbocycles. The lowest BCUT2D eigenvalue weighted by molar-refractivity contribution is -0.384. The van der Waals surface area contributed by atoms with Crippen molar-refractivity contribution in [2.75, 3.05) is 25.0 Å². The summed E-state index contributed by atoms with van der Waals surface area (Å²) in [5.74, 6) is -0.524. The van der Waals surface area contributed by atoms with E-state index in [1.807, 2.05) is 0 Å². The van der Waals surface area contributed by atoms with Gasteiger partial charge < -0.3 is 10.6 Å². The molecular formula is C11H15BrFN3O2. The SMILES string of the molecule is CCCNCCNc1cc(F)c(Br)cc1[N+](=O)[O-]. The average Bonchev–Trinajstić information content (AvgIpc) is 2.32. The van der Waals surface area contributed by atoms with Crippen molar-refractivity contribution in [1.29, 1.82) is 0 Å². The molecule has 1 aromatic rings. The first-order valence-electron chi connectivity index (χ1n) is 5.64. The molecule has 0 fully saturated rings. The molecule has 0 unspecified atom stereocenters. The van der Waals surface area contributed by atoms with Gasteiger partial charge in [0.25, 0.3) is 5.69 Å². The third-order valence-electron chi connectivity index (χ3n) is 2.28. The van der Waals surface area contributed by atoms with E-state index in [0.717, 1.165) is 25.1 Å². The average molecular weight is 320 g/mol. The summed E-state index contributed by atoms with van der Waals surface area (Å²) >= 11 is 2.93. The standard InChI is InChI=1S/C11H15BrFN3O2/c1-2-3-14-4-5-15-10-7-9(13)8(12)6-11(10)16(17)18/h6-7,14-15H,2-5H2,1H3. The van der Waals surface area contributed by atoms with E-state index in [1.165, 1.54) is 0 Å². The van der Waals surface area contributed by atoms with Crippen LogP contribution in [0.15, 0.2) is 16.6 Å². The van der Waals surface area contributed by atoms with E-state index in [9.17, 15) is 14.5 Å². The van der Waals surface area contributed by atoms with Gasteiger partial charge in [-0.25, -0.2) is 4.39 Å². The van der Waals surface area contributed by atoms with Crippen LogP contribution in [0.3, 0.4) is 0 Å². The molecule has 1 rings (SSSR count). The van der Waals surface area contributed by atoms with Crippen LogP contribution < -0.4 is 10.6 Å². The molecule has 0 spiro atoms. The summed E-state index contributed by atoms with van der Waals surface area (Å²) in [4.78, 5) is 10.3. The van der Waals surface area contributed by atoms with E-state index in [1.54, 1.807) is 0 Å². The Hall–Kier alpha value is -1.21. The minimum atomic E-state index is -0.536. The van der Waals surface area contributed by atoms with Crippen molar-refractivity contribution in [3.63, 3.8) is 0 Å². The highest BCUT2D eigenvalue weighted by molar-refractivity contribution is 9.10. The highest BCUT2D eigenvalue weighted by Gasteiger charge is 2.16. The normalized spacial score (nSPS) is 10.4. The zero-order valence-corrected chi connectivity index (χ0v) is 11.6. The molecule has 18 heavy (non-hydrogen) atoms. The lowest BCUT2D eigenvalue weighted by Crippen LogP contribution is -2.23. The Morgan fingerprint density at radius 1 is 1.39 bits per heavy atom. The van der Waals surface area contributed by atoms with Gasteiger partial charge in [0.1, 0.15) is 11.5 Å². The van der Waals surface area contributed by atoms with Crippen molar-refractivity contribution < 1.29 is 9.31 Å². The number of hydrogen-bond donors (Lipinski definition) is 2. The van der Waals surface area contributed by atoms with Crippen LogP contribution >= 0.6 is 15.9 Å². The van der Waals surface area contributed by atoms with Crippen molar-refractivity contribution >= 4 is 27.3 Å². The van der Waals surface area contributed by atoms with Crippen molar-refractivity contribution in [1.82, 2.24) is 5.32 Å². The van der Waals surface area contributed by atoms with Gasteiger partial charge in [-0.15, -0.1) is 0 Å². The predicted molar refractivity (Wildman–Crippen MR) is 72.4 cm³/mol. The minimum Gasteiger partial charge on any atom is -0.378 e. The molecule has 0 aliphatic carbocycles. The summed E-state index contributed by atoms with van der Waals surface area (Å²) < 4.78 is 13.4. The van der Waals surface area contributed by atoms with E-state index in [2.05, 4.69) is 33.5 Å². The minimum absolute atomic E-state index is 0.0869. The third-order valence-corrected chi connectivity index (χ3v) is 2.89. The van der Waals surface area contributed by atoms with Crippen molar-refractivity contribution in [2.45, 2.75) is 13.3 Å². The highest BCUT2D eigenvalue weighted by Crippen LogP contribution is 2.30. The van der Waals surface area contributed by atoms with E-state index >= 15 is 0 Å². The largest absolute Gasteiger partial charge is 0.378 e. The van der Waals surface area contributed by atoms with Crippen LogP contribution in [0.25, 0.3) is 0 Å². The van der Waals surface area contributed by atoms with Gasteiger partial charge in [-0.05, 0) is 28.9 Å². The monoisotopic (exact) mass is 319 g/mol. The number of nitrogens with zero attached hydrogens (tertiary/aromatic N) is 1. The molecule has 0 saturated carbocycles. The summed E-state index contributed by atoms with van der Waals surface area (Å²) in [6.45, 7) is 4.11. The first kappa shape index (κ1) is 14.8. The first-order chi connectivity index (χ1) is 8.56. The Kier molecular flexibility index (Phi) is 6.00. The maximum absolute atomic E-state index is 13.3. The zero-order valence-electron chi connectivity index (χ0n) is 10.0. The summed E-state index contributed by atoms with van der Waals surface area (Å²) in [6.07, 6.45) is 1.02. The number of nitro benzene ring substituents is 1. The lowest BCUT2D eigenvalue weighted by Gasteiger charge is -2.08. The zero-order chi connectivity index (χ0) is 13.5. The smallest absolute Gasteiger partial charge is 0.293 e. The Morgan fingerprint density at radius 3 is 2.72 bits per heavy atom. The Balaban J connectivity index is 2.68. The van der Waals surface area contributed by atoms with Crippen LogP contribution in [-0.2, 0) is 0 Å². The molecule has 0 aliphatic heterocycles. The molecule has 0 aliphatic rings. The summed E-state index contributed by atoms with van der Waals surface area (Å²) in [5, 5.41) is 16.8. The second kappa shape index (κ2) is 7.27. The topological polar surface area (TPSA) is 67.2 Å². The fourth-order valence-corrected chi connectivity index (χ4v) is 1.75. The van der Waals surface area contributed by atoms with Gasteiger partial charge >= 0.3 is 0 Å². The molecule has 0 aromatic heterocycles. The number of nitrogens with one attached hydrogen (secondary N) is 2. The first-order valence-corrected chi connectivity index (χ1v) is 6.43. The molecule has 5 nitrogen and oxygen atoms in total. The molecular weight excluding hydrogens is 305 g/mol. The summed E-state index contributed by atoms with van der Waals surface area (Å²) in [7, 11) is 0. The van der Waals surface area contributed by atoms with E-state index < -0.39 is 10.7 Å². The molecule has 2 N–H and O–H groups in total. The van der Waals surface area contributed by atoms with Gasteiger partial charge in [0.2, 0.25) is 0 Å². The molecule has 0 radical (unpaired) electrons. The van der Waals surface area contributed by atoms with Gasteiger partial charge in [-0.3, -0.25) is 10.1 Å². The van der Waals surface area contributed by atoms with Crippen LogP contribution in [0.4, 0.5) is 15.8 Å². The highest BCUT2D eigenvalue weighted by atomic mass is 79.9. The number of nitro groups is 1. The van der Waals surface area contributed by atoms with E-state index in [0.29, 0.717) is 13.1 Å². The Bertz CT molecular complexity index is 429. The van der Waals surface area contributed by atoms with Crippen LogP contribution in [-0.4, -0.2) is 24.6 Å². The molecule has 0 amide bonds. The predicted octanol–water partition coefficient (Wildman–Crippen LogP) is 2.91. The third kappa shape index (κ3) is 4.23. The quantitative estimate of drug-likeness (QED) is 0.460. The maximum atomic E-state index is 13.3. The lowest BCUT2D eigenvalue weighted by atomic mass is 10.2. The summed E-state index contributed by atoms with van der Waals surface area (Å²) in [5.41, 5.74) is 0.0535. The van der Waals surface area contributed by atoms with Crippen LogP contribution in [0.1, 0.15) is 13.3 Å². The van der Waals surface area contributed by atoms with E-state index in [-0.39, 0.29) is 15.8 Å². The van der Waals surface area contributed by atoms with Crippen molar-refractivity contribution in [3.05, 3.63) is 32.5 Å². The molecule has 0 atom stereocenters. The number of anilines is 1. The second-order valence-electron chi connectivity index (χ2n) is 3.72. The number of rotatable bonds is 7. The number of halogens is 2.